The van der Waals surface area contributed by atoms with Gasteiger partial charge in [-0.05, 0) is 49.3 Å². The summed E-state index contributed by atoms with van der Waals surface area (Å²) >= 11 is 3.41. The fourth-order valence-electron chi connectivity index (χ4n) is 2.76. The minimum Gasteiger partial charge on any atom is -0.381 e. The Morgan fingerprint density at radius 3 is 2.84 bits per heavy atom. The summed E-state index contributed by atoms with van der Waals surface area (Å²) in [7, 11) is 0. The molecule has 0 aliphatic heterocycles. The summed E-state index contributed by atoms with van der Waals surface area (Å²) in [6.45, 7) is 4.71. The average Bonchev–Trinajstić information content (AvgIpc) is 2.53. The molecule has 1 N–H and O–H groups in total. The van der Waals surface area contributed by atoms with Crippen LogP contribution < -0.4 is 5.32 Å². The van der Waals surface area contributed by atoms with Gasteiger partial charge in [0.25, 0.3) is 0 Å². The first-order valence-electron chi connectivity index (χ1n) is 6.96. The van der Waals surface area contributed by atoms with Gasteiger partial charge in [-0.1, -0.05) is 36.2 Å². The standard InChI is InChI=1S/C16H21BrN2/c1-16(2)8-3-4-14(7-9-16)19-15-6-5-13(17)10-12(15)11-18/h5-6,10,14,19H,3-4,7-9H2,1-2H3. The topological polar surface area (TPSA) is 35.8 Å². The van der Waals surface area contributed by atoms with E-state index in [1.54, 1.807) is 0 Å². The van der Waals surface area contributed by atoms with Gasteiger partial charge < -0.3 is 5.32 Å². The number of nitrogens with one attached hydrogen (secondary N) is 1. The largest absolute Gasteiger partial charge is 0.381 e. The third-order valence-corrected chi connectivity index (χ3v) is 4.53. The van der Waals surface area contributed by atoms with Crippen molar-refractivity contribution in [3.63, 3.8) is 0 Å². The minimum atomic E-state index is 0.466. The first kappa shape index (κ1) is 14.4. The highest BCUT2D eigenvalue weighted by atomic mass is 79.9. The first-order chi connectivity index (χ1) is 9.00. The highest BCUT2D eigenvalue weighted by molar-refractivity contribution is 9.10. The number of rotatable bonds is 2. The van der Waals surface area contributed by atoms with Gasteiger partial charge in [0, 0.05) is 10.5 Å². The lowest BCUT2D eigenvalue weighted by atomic mass is 9.85. The number of benzene rings is 1. The van der Waals surface area contributed by atoms with E-state index in [2.05, 4.69) is 41.2 Å². The molecule has 0 heterocycles. The highest BCUT2D eigenvalue weighted by Gasteiger charge is 2.24. The second kappa shape index (κ2) is 5.96. The predicted molar refractivity (Wildman–Crippen MR) is 83.1 cm³/mol. The number of nitrogens with zero attached hydrogens (tertiary/aromatic N) is 1. The molecule has 1 aromatic carbocycles. The van der Waals surface area contributed by atoms with E-state index in [9.17, 15) is 5.26 Å². The molecule has 0 spiro atoms. The molecule has 1 saturated carbocycles. The molecule has 1 atom stereocenters. The Labute approximate surface area is 124 Å². The van der Waals surface area contributed by atoms with Crippen LogP contribution in [-0.4, -0.2) is 6.04 Å². The Hall–Kier alpha value is -1.01. The smallest absolute Gasteiger partial charge is 0.101 e. The van der Waals surface area contributed by atoms with Crippen LogP contribution in [0.1, 0.15) is 51.5 Å². The van der Waals surface area contributed by atoms with E-state index in [1.165, 1.54) is 32.1 Å². The van der Waals surface area contributed by atoms with Gasteiger partial charge in [0.2, 0.25) is 0 Å². The van der Waals surface area contributed by atoms with Crippen LogP contribution in [0.5, 0.6) is 0 Å². The van der Waals surface area contributed by atoms with E-state index in [4.69, 9.17) is 0 Å². The van der Waals surface area contributed by atoms with Crippen molar-refractivity contribution in [2.75, 3.05) is 5.32 Å². The van der Waals surface area contributed by atoms with Crippen molar-refractivity contribution in [1.82, 2.24) is 0 Å². The van der Waals surface area contributed by atoms with Crippen molar-refractivity contribution < 1.29 is 0 Å². The van der Waals surface area contributed by atoms with Gasteiger partial charge in [0.1, 0.15) is 6.07 Å². The van der Waals surface area contributed by atoms with Crippen LogP contribution >= 0.6 is 15.9 Å². The van der Waals surface area contributed by atoms with Crippen molar-refractivity contribution in [3.05, 3.63) is 28.2 Å². The number of halogens is 1. The lowest BCUT2D eigenvalue weighted by Crippen LogP contribution is -2.19. The summed E-state index contributed by atoms with van der Waals surface area (Å²) in [6.07, 6.45) is 6.21. The lowest BCUT2D eigenvalue weighted by Gasteiger charge is -2.22. The molecule has 1 fully saturated rings. The van der Waals surface area contributed by atoms with Crippen LogP contribution in [0.15, 0.2) is 22.7 Å². The number of hydrogen-bond acceptors (Lipinski definition) is 2. The van der Waals surface area contributed by atoms with Gasteiger partial charge in [-0.15, -0.1) is 0 Å². The lowest BCUT2D eigenvalue weighted by molar-refractivity contribution is 0.313. The van der Waals surface area contributed by atoms with E-state index < -0.39 is 0 Å². The number of hydrogen-bond donors (Lipinski definition) is 1. The molecule has 0 radical (unpaired) electrons. The van der Waals surface area contributed by atoms with E-state index in [0.717, 1.165) is 15.7 Å². The fourth-order valence-corrected chi connectivity index (χ4v) is 3.12. The van der Waals surface area contributed by atoms with Gasteiger partial charge in [-0.2, -0.15) is 5.26 Å². The SMILES string of the molecule is CC1(C)CCCC(Nc2ccc(Br)cc2C#N)CC1. The Balaban J connectivity index is 2.07. The molecule has 1 unspecified atom stereocenters. The van der Waals surface area contributed by atoms with Gasteiger partial charge in [-0.25, -0.2) is 0 Å². The maximum Gasteiger partial charge on any atom is 0.101 e. The fraction of sp³-hybridized carbons (Fsp3) is 0.562. The Bertz CT molecular complexity index is 488. The van der Waals surface area contributed by atoms with E-state index in [0.29, 0.717) is 11.5 Å². The average molecular weight is 321 g/mol. The predicted octanol–water partition coefficient (Wildman–Crippen LogP) is 5.09. The van der Waals surface area contributed by atoms with Crippen LogP contribution in [-0.2, 0) is 0 Å². The summed E-state index contributed by atoms with van der Waals surface area (Å²) in [4.78, 5) is 0. The zero-order chi connectivity index (χ0) is 13.9. The summed E-state index contributed by atoms with van der Waals surface area (Å²) < 4.78 is 0.955. The summed E-state index contributed by atoms with van der Waals surface area (Å²) in [5.74, 6) is 0. The molecule has 102 valence electrons. The highest BCUT2D eigenvalue weighted by Crippen LogP contribution is 2.35. The molecule has 2 rings (SSSR count). The van der Waals surface area contributed by atoms with Crippen molar-refractivity contribution in [3.8, 4) is 6.07 Å². The van der Waals surface area contributed by atoms with Crippen LogP contribution in [0.3, 0.4) is 0 Å². The van der Waals surface area contributed by atoms with Crippen molar-refractivity contribution in [2.24, 2.45) is 5.41 Å². The zero-order valence-electron chi connectivity index (χ0n) is 11.7. The molecule has 0 bridgehead atoms. The minimum absolute atomic E-state index is 0.466. The molecule has 19 heavy (non-hydrogen) atoms. The molecule has 0 amide bonds. The zero-order valence-corrected chi connectivity index (χ0v) is 13.3. The van der Waals surface area contributed by atoms with E-state index in [-0.39, 0.29) is 0 Å². The van der Waals surface area contributed by atoms with Crippen molar-refractivity contribution in [1.29, 1.82) is 5.26 Å². The molecule has 1 aromatic rings. The Morgan fingerprint density at radius 2 is 2.11 bits per heavy atom. The van der Waals surface area contributed by atoms with E-state index in [1.807, 2.05) is 18.2 Å². The second-order valence-corrected chi connectivity index (χ2v) is 7.15. The van der Waals surface area contributed by atoms with Gasteiger partial charge >= 0.3 is 0 Å². The van der Waals surface area contributed by atoms with Crippen LogP contribution in [0.25, 0.3) is 0 Å². The quantitative estimate of drug-likeness (QED) is 0.770. The monoisotopic (exact) mass is 320 g/mol. The maximum absolute atomic E-state index is 9.20. The molecule has 3 heteroatoms. The van der Waals surface area contributed by atoms with Crippen LogP contribution in [0.4, 0.5) is 5.69 Å². The summed E-state index contributed by atoms with van der Waals surface area (Å²) in [6, 6.07) is 8.63. The van der Waals surface area contributed by atoms with E-state index >= 15 is 0 Å². The first-order valence-corrected chi connectivity index (χ1v) is 7.76. The molecular weight excluding hydrogens is 300 g/mol. The molecule has 2 nitrogen and oxygen atoms in total. The summed E-state index contributed by atoms with van der Waals surface area (Å²) in [5, 5.41) is 12.8. The third kappa shape index (κ3) is 3.98. The molecule has 1 aliphatic rings. The number of nitriles is 1. The molecule has 0 saturated heterocycles. The Kier molecular flexibility index (Phi) is 4.52. The maximum atomic E-state index is 9.20. The van der Waals surface area contributed by atoms with Crippen molar-refractivity contribution in [2.45, 2.75) is 52.0 Å². The molecule has 1 aliphatic carbocycles. The van der Waals surface area contributed by atoms with Crippen LogP contribution in [0, 0.1) is 16.7 Å². The summed E-state index contributed by atoms with van der Waals surface area (Å²) in [5.41, 5.74) is 2.15. The second-order valence-electron chi connectivity index (χ2n) is 6.24. The van der Waals surface area contributed by atoms with Crippen LogP contribution in [0.2, 0.25) is 0 Å². The van der Waals surface area contributed by atoms with Gasteiger partial charge in [0.15, 0.2) is 0 Å². The molecule has 0 aromatic heterocycles. The third-order valence-electron chi connectivity index (χ3n) is 4.04. The Morgan fingerprint density at radius 1 is 1.32 bits per heavy atom. The van der Waals surface area contributed by atoms with Gasteiger partial charge in [0.05, 0.1) is 11.3 Å². The number of anilines is 1. The normalized spacial score (nSPS) is 22.3. The molecular formula is C16H21BrN2. The van der Waals surface area contributed by atoms with Gasteiger partial charge in [-0.3, -0.25) is 0 Å². The van der Waals surface area contributed by atoms with Crippen molar-refractivity contribution >= 4 is 21.6 Å².